The first-order valence-corrected chi connectivity index (χ1v) is 11.9. The zero-order valence-corrected chi connectivity index (χ0v) is 20.4. The van der Waals surface area contributed by atoms with Gasteiger partial charge in [0.15, 0.2) is 0 Å². The molecule has 174 valence electrons. The Balaban J connectivity index is 1.76. The Morgan fingerprint density at radius 1 is 0.941 bits per heavy atom. The number of thiophene rings is 1. The second-order valence-electron chi connectivity index (χ2n) is 7.81. The minimum absolute atomic E-state index is 0.265. The monoisotopic (exact) mass is 474 g/mol. The summed E-state index contributed by atoms with van der Waals surface area (Å²) >= 11 is 1.34. The van der Waals surface area contributed by atoms with Crippen LogP contribution in [0.4, 0.5) is 5.00 Å². The zero-order chi connectivity index (χ0) is 24.2. The van der Waals surface area contributed by atoms with E-state index in [9.17, 15) is 9.59 Å². The number of aromatic nitrogens is 1. The van der Waals surface area contributed by atoms with E-state index in [2.05, 4.69) is 5.32 Å². The lowest BCUT2D eigenvalue weighted by Crippen LogP contribution is -2.15. The van der Waals surface area contributed by atoms with Crippen molar-refractivity contribution in [3.8, 4) is 17.0 Å². The van der Waals surface area contributed by atoms with Gasteiger partial charge in [-0.2, -0.15) is 0 Å². The summed E-state index contributed by atoms with van der Waals surface area (Å²) in [7, 11) is 0. The van der Waals surface area contributed by atoms with Crippen LogP contribution in [0.5, 0.6) is 5.75 Å². The van der Waals surface area contributed by atoms with Crippen LogP contribution in [0.15, 0.2) is 54.6 Å². The highest BCUT2D eigenvalue weighted by atomic mass is 32.1. The highest BCUT2D eigenvalue weighted by Crippen LogP contribution is 2.31. The number of esters is 1. The van der Waals surface area contributed by atoms with Crippen molar-refractivity contribution in [2.45, 2.75) is 27.7 Å². The molecule has 0 aliphatic rings. The number of hydrogen-bond donors (Lipinski definition) is 1. The van der Waals surface area contributed by atoms with E-state index >= 15 is 0 Å². The fraction of sp³-hybridized carbons (Fsp3) is 0.222. The van der Waals surface area contributed by atoms with Gasteiger partial charge in [0, 0.05) is 15.8 Å². The average molecular weight is 475 g/mol. The van der Waals surface area contributed by atoms with Gasteiger partial charge in [-0.1, -0.05) is 11.6 Å². The van der Waals surface area contributed by atoms with Gasteiger partial charge in [0.1, 0.15) is 10.8 Å². The van der Waals surface area contributed by atoms with Crippen LogP contribution in [0.2, 0.25) is 0 Å². The quantitative estimate of drug-likeness (QED) is 0.313. The number of nitrogens with zero attached hydrogens (tertiary/aromatic N) is 1. The van der Waals surface area contributed by atoms with Crippen LogP contribution >= 0.6 is 11.3 Å². The average Bonchev–Trinajstić information content (AvgIpc) is 3.19. The van der Waals surface area contributed by atoms with Crippen LogP contribution < -0.4 is 10.1 Å². The van der Waals surface area contributed by atoms with Gasteiger partial charge < -0.3 is 14.8 Å². The predicted molar refractivity (Wildman–Crippen MR) is 136 cm³/mol. The van der Waals surface area contributed by atoms with Crippen LogP contribution in [0, 0.1) is 13.8 Å². The van der Waals surface area contributed by atoms with Crippen LogP contribution in [-0.2, 0) is 4.74 Å². The number of nitrogens with one attached hydrogen (secondary N) is 1. The lowest BCUT2D eigenvalue weighted by molar-refractivity contribution is 0.0528. The molecule has 6 nitrogen and oxygen atoms in total. The number of rotatable bonds is 7. The topological polar surface area (TPSA) is 77.5 Å². The van der Waals surface area contributed by atoms with Crippen molar-refractivity contribution >= 4 is 39.1 Å². The first-order valence-electron chi connectivity index (χ1n) is 11.1. The Kier molecular flexibility index (Phi) is 6.93. The van der Waals surface area contributed by atoms with Crippen molar-refractivity contribution < 1.29 is 19.1 Å². The van der Waals surface area contributed by atoms with Crippen LogP contribution in [0.25, 0.3) is 22.2 Å². The molecule has 4 aromatic rings. The largest absolute Gasteiger partial charge is 0.494 e. The van der Waals surface area contributed by atoms with E-state index in [-0.39, 0.29) is 12.5 Å². The summed E-state index contributed by atoms with van der Waals surface area (Å²) in [6.45, 7) is 8.41. The maximum atomic E-state index is 13.5. The van der Waals surface area contributed by atoms with Gasteiger partial charge in [-0.05, 0) is 76.2 Å². The summed E-state index contributed by atoms with van der Waals surface area (Å²) in [5.74, 6) is 0.0189. The summed E-state index contributed by atoms with van der Waals surface area (Å²) in [4.78, 5) is 31.6. The Hall–Kier alpha value is -3.71. The molecule has 0 radical (unpaired) electrons. The number of pyridine rings is 1. The Labute approximate surface area is 202 Å². The van der Waals surface area contributed by atoms with Crippen molar-refractivity contribution in [3.05, 3.63) is 76.2 Å². The van der Waals surface area contributed by atoms with E-state index in [4.69, 9.17) is 14.5 Å². The number of amides is 1. The molecule has 0 fully saturated rings. The summed E-state index contributed by atoms with van der Waals surface area (Å²) in [5, 5.41) is 4.16. The molecule has 0 spiro atoms. The second-order valence-corrected chi connectivity index (χ2v) is 9.06. The molecule has 2 heterocycles. The first-order chi connectivity index (χ1) is 16.4. The van der Waals surface area contributed by atoms with E-state index in [1.165, 1.54) is 11.3 Å². The Morgan fingerprint density at radius 2 is 1.71 bits per heavy atom. The minimum atomic E-state index is -0.451. The number of aryl methyl sites for hydroxylation is 2. The number of hydrogen-bond acceptors (Lipinski definition) is 6. The Morgan fingerprint density at radius 3 is 2.41 bits per heavy atom. The Bertz CT molecular complexity index is 1360. The lowest BCUT2D eigenvalue weighted by Gasteiger charge is -2.12. The van der Waals surface area contributed by atoms with E-state index in [0.29, 0.717) is 28.4 Å². The third-order valence-corrected chi connectivity index (χ3v) is 6.21. The van der Waals surface area contributed by atoms with Crippen molar-refractivity contribution in [2.75, 3.05) is 18.5 Å². The highest BCUT2D eigenvalue weighted by molar-refractivity contribution is 7.16. The molecule has 4 rings (SSSR count). The van der Waals surface area contributed by atoms with Crippen molar-refractivity contribution in [2.24, 2.45) is 0 Å². The molecule has 7 heteroatoms. The van der Waals surface area contributed by atoms with Crippen LogP contribution in [-0.4, -0.2) is 30.1 Å². The summed E-state index contributed by atoms with van der Waals surface area (Å²) in [6.07, 6.45) is 0. The van der Waals surface area contributed by atoms with Gasteiger partial charge in [-0.15, -0.1) is 11.3 Å². The molecule has 2 aromatic carbocycles. The summed E-state index contributed by atoms with van der Waals surface area (Å²) in [6, 6.07) is 17.0. The highest BCUT2D eigenvalue weighted by Gasteiger charge is 2.20. The van der Waals surface area contributed by atoms with Crippen molar-refractivity contribution in [3.63, 3.8) is 0 Å². The molecule has 1 N–H and O–H groups in total. The molecular weight excluding hydrogens is 448 g/mol. The zero-order valence-electron chi connectivity index (χ0n) is 19.6. The molecule has 34 heavy (non-hydrogen) atoms. The minimum Gasteiger partial charge on any atom is -0.494 e. The first kappa shape index (κ1) is 23.4. The number of benzene rings is 2. The summed E-state index contributed by atoms with van der Waals surface area (Å²) < 4.78 is 10.7. The maximum absolute atomic E-state index is 13.5. The van der Waals surface area contributed by atoms with E-state index in [1.807, 2.05) is 63.2 Å². The third kappa shape index (κ3) is 4.94. The van der Waals surface area contributed by atoms with E-state index < -0.39 is 5.97 Å². The molecule has 2 aromatic heterocycles. The van der Waals surface area contributed by atoms with Gasteiger partial charge >= 0.3 is 5.97 Å². The molecule has 1 amide bonds. The van der Waals surface area contributed by atoms with Gasteiger partial charge in [0.25, 0.3) is 5.91 Å². The van der Waals surface area contributed by atoms with Crippen molar-refractivity contribution in [1.29, 1.82) is 0 Å². The van der Waals surface area contributed by atoms with E-state index in [0.717, 1.165) is 32.7 Å². The molecule has 0 saturated carbocycles. The molecule has 0 saturated heterocycles. The van der Waals surface area contributed by atoms with Crippen molar-refractivity contribution in [1.82, 2.24) is 4.98 Å². The maximum Gasteiger partial charge on any atom is 0.341 e. The molecule has 0 aliphatic carbocycles. The normalized spacial score (nSPS) is 10.8. The molecular formula is C27H26N2O4S. The van der Waals surface area contributed by atoms with Gasteiger partial charge in [-0.25, -0.2) is 9.78 Å². The van der Waals surface area contributed by atoms with E-state index in [1.54, 1.807) is 19.1 Å². The SMILES string of the molecule is CCOC(=O)c1cc(C)sc1NC(=O)c1cc(-c2ccc(OCC)cc2)nc2ccc(C)cc12. The number of fused-ring (bicyclic) bond motifs is 1. The molecule has 0 atom stereocenters. The number of ether oxygens (including phenoxy) is 2. The molecule has 0 aliphatic heterocycles. The van der Waals surface area contributed by atoms with Gasteiger partial charge in [-0.3, -0.25) is 4.79 Å². The number of carbonyl (C=O) groups excluding carboxylic acids is 2. The number of anilines is 1. The standard InChI is InChI=1S/C27H26N2O4S/c1-5-32-19-10-8-18(9-11-19)24-15-21(20-13-16(3)7-12-23(20)28-24)25(30)29-26-22(14-17(4)34-26)27(31)33-6-2/h7-15H,5-6H2,1-4H3,(H,29,30). The van der Waals surface area contributed by atoms with Gasteiger partial charge in [0.05, 0.1) is 35.6 Å². The van der Waals surface area contributed by atoms with Crippen LogP contribution in [0.1, 0.15) is 45.0 Å². The summed E-state index contributed by atoms with van der Waals surface area (Å²) in [5.41, 5.74) is 4.14. The predicted octanol–water partition coefficient (Wildman–Crippen LogP) is 6.41. The van der Waals surface area contributed by atoms with Gasteiger partial charge in [0.2, 0.25) is 0 Å². The fourth-order valence-corrected chi connectivity index (χ4v) is 4.60. The van der Waals surface area contributed by atoms with Crippen LogP contribution in [0.3, 0.4) is 0 Å². The third-order valence-electron chi connectivity index (χ3n) is 5.25. The number of carbonyl (C=O) groups is 2. The fourth-order valence-electron chi connectivity index (χ4n) is 3.70. The smallest absolute Gasteiger partial charge is 0.341 e. The lowest BCUT2D eigenvalue weighted by atomic mass is 10.0. The second kappa shape index (κ2) is 10.1. The molecule has 0 bridgehead atoms. The molecule has 0 unspecified atom stereocenters.